The minimum Gasteiger partial charge on any atom is -0.390 e. The third-order valence-corrected chi connectivity index (χ3v) is 3.71. The Morgan fingerprint density at radius 2 is 2.07 bits per heavy atom. The molecule has 0 aromatic heterocycles. The molecule has 0 aromatic carbocycles. The van der Waals surface area contributed by atoms with Crippen LogP contribution in [-0.4, -0.2) is 59.3 Å². The lowest BCUT2D eigenvalue weighted by atomic mass is 10.0. The molecule has 0 radical (unpaired) electrons. The van der Waals surface area contributed by atoms with Crippen LogP contribution in [-0.2, 0) is 0 Å². The quantitative estimate of drug-likeness (QED) is 0.754. The predicted octanol–water partition coefficient (Wildman–Crippen LogP) is 0.927. The molecule has 1 unspecified atom stereocenters. The van der Waals surface area contributed by atoms with Gasteiger partial charge >= 0.3 is 0 Å². The maximum Gasteiger partial charge on any atom is 0.0603 e. The van der Waals surface area contributed by atoms with Crippen LogP contribution < -0.4 is 0 Å². The van der Waals surface area contributed by atoms with Crippen LogP contribution in [0.1, 0.15) is 33.1 Å². The number of hydrogen-bond acceptors (Lipinski definition) is 3. The molecule has 2 fully saturated rings. The maximum atomic E-state index is 9.70. The Balaban J connectivity index is 1.75. The Hall–Kier alpha value is -0.120. The number of nitrogens with zero attached hydrogens (tertiary/aromatic N) is 2. The van der Waals surface area contributed by atoms with Gasteiger partial charge in [-0.25, -0.2) is 0 Å². The first-order chi connectivity index (χ1) is 7.04. The first-order valence-electron chi connectivity index (χ1n) is 6.23. The Morgan fingerprint density at radius 1 is 1.27 bits per heavy atom. The van der Waals surface area contributed by atoms with Gasteiger partial charge in [-0.1, -0.05) is 0 Å². The average molecular weight is 212 g/mol. The van der Waals surface area contributed by atoms with E-state index in [-0.39, 0.29) is 0 Å². The van der Waals surface area contributed by atoms with E-state index in [1.165, 1.54) is 39.0 Å². The average Bonchev–Trinajstić information content (AvgIpc) is 2.60. The van der Waals surface area contributed by atoms with E-state index in [4.69, 9.17) is 0 Å². The minimum absolute atomic E-state index is 0.507. The standard InChI is InChI=1S/C12H24N2O/c1-12(2,15)5-7-13-8-9-14-6-3-4-11(14)10-13/h11,15H,3-10H2,1-2H3. The predicted molar refractivity (Wildman–Crippen MR) is 61.9 cm³/mol. The molecule has 2 aliphatic heterocycles. The molecule has 15 heavy (non-hydrogen) atoms. The molecule has 3 nitrogen and oxygen atoms in total. The Kier molecular flexibility index (Phi) is 3.33. The van der Waals surface area contributed by atoms with Crippen molar-refractivity contribution in [3.05, 3.63) is 0 Å². The van der Waals surface area contributed by atoms with Gasteiger partial charge in [-0.05, 0) is 39.7 Å². The highest BCUT2D eigenvalue weighted by Crippen LogP contribution is 2.22. The van der Waals surface area contributed by atoms with Crippen molar-refractivity contribution >= 4 is 0 Å². The number of piperazine rings is 1. The minimum atomic E-state index is -0.507. The summed E-state index contributed by atoms with van der Waals surface area (Å²) in [7, 11) is 0. The lowest BCUT2D eigenvalue weighted by Gasteiger charge is -2.38. The maximum absolute atomic E-state index is 9.70. The van der Waals surface area contributed by atoms with Crippen molar-refractivity contribution in [2.45, 2.75) is 44.8 Å². The van der Waals surface area contributed by atoms with Crippen molar-refractivity contribution in [3.63, 3.8) is 0 Å². The highest BCUT2D eigenvalue weighted by Gasteiger charge is 2.30. The summed E-state index contributed by atoms with van der Waals surface area (Å²) in [5, 5.41) is 9.70. The molecular formula is C12H24N2O. The monoisotopic (exact) mass is 212 g/mol. The van der Waals surface area contributed by atoms with Crippen LogP contribution in [0.4, 0.5) is 0 Å². The zero-order chi connectivity index (χ0) is 10.9. The van der Waals surface area contributed by atoms with Crippen molar-refractivity contribution in [1.29, 1.82) is 0 Å². The van der Waals surface area contributed by atoms with Gasteiger partial charge in [0.1, 0.15) is 0 Å². The molecule has 0 bridgehead atoms. The fourth-order valence-corrected chi connectivity index (χ4v) is 2.69. The molecule has 2 saturated heterocycles. The molecule has 3 heteroatoms. The molecule has 0 spiro atoms. The van der Waals surface area contributed by atoms with E-state index in [0.717, 1.165) is 19.0 Å². The van der Waals surface area contributed by atoms with E-state index in [2.05, 4.69) is 9.80 Å². The molecule has 0 saturated carbocycles. The van der Waals surface area contributed by atoms with E-state index in [0.29, 0.717) is 0 Å². The number of rotatable bonds is 3. The fourth-order valence-electron chi connectivity index (χ4n) is 2.69. The van der Waals surface area contributed by atoms with Crippen molar-refractivity contribution < 1.29 is 5.11 Å². The molecule has 1 atom stereocenters. The first kappa shape index (κ1) is 11.4. The summed E-state index contributed by atoms with van der Waals surface area (Å²) in [5.41, 5.74) is -0.507. The van der Waals surface area contributed by atoms with Gasteiger partial charge < -0.3 is 10.0 Å². The van der Waals surface area contributed by atoms with Crippen LogP contribution >= 0.6 is 0 Å². The van der Waals surface area contributed by atoms with Gasteiger partial charge in [0.2, 0.25) is 0 Å². The zero-order valence-electron chi connectivity index (χ0n) is 10.1. The normalized spacial score (nSPS) is 29.4. The van der Waals surface area contributed by atoms with Gasteiger partial charge in [0.05, 0.1) is 5.60 Å². The van der Waals surface area contributed by atoms with Crippen molar-refractivity contribution in [2.24, 2.45) is 0 Å². The second-order valence-electron chi connectivity index (χ2n) is 5.70. The lowest BCUT2D eigenvalue weighted by molar-refractivity contribution is 0.0411. The SMILES string of the molecule is CC(C)(O)CCN1CCN2CCCC2C1. The van der Waals surface area contributed by atoms with Crippen LogP contribution in [0.5, 0.6) is 0 Å². The fraction of sp³-hybridized carbons (Fsp3) is 1.00. The van der Waals surface area contributed by atoms with Gasteiger partial charge in [0.15, 0.2) is 0 Å². The molecule has 2 heterocycles. The van der Waals surface area contributed by atoms with E-state index >= 15 is 0 Å². The van der Waals surface area contributed by atoms with E-state index < -0.39 is 5.60 Å². The molecule has 88 valence electrons. The van der Waals surface area contributed by atoms with Crippen molar-refractivity contribution in [2.75, 3.05) is 32.7 Å². The Labute approximate surface area is 93.1 Å². The van der Waals surface area contributed by atoms with Crippen molar-refractivity contribution in [1.82, 2.24) is 9.80 Å². The smallest absolute Gasteiger partial charge is 0.0603 e. The van der Waals surface area contributed by atoms with Gasteiger partial charge in [-0.2, -0.15) is 0 Å². The molecule has 0 amide bonds. The van der Waals surface area contributed by atoms with Crippen LogP contribution in [0.3, 0.4) is 0 Å². The van der Waals surface area contributed by atoms with Gasteiger partial charge in [-0.3, -0.25) is 4.90 Å². The summed E-state index contributed by atoms with van der Waals surface area (Å²) in [6, 6.07) is 0.806. The van der Waals surface area contributed by atoms with Gasteiger partial charge in [-0.15, -0.1) is 0 Å². The number of fused-ring (bicyclic) bond motifs is 1. The summed E-state index contributed by atoms with van der Waals surface area (Å²) in [6.45, 7) is 9.80. The van der Waals surface area contributed by atoms with Crippen LogP contribution in [0.2, 0.25) is 0 Å². The summed E-state index contributed by atoms with van der Waals surface area (Å²) in [5.74, 6) is 0. The molecule has 1 N–H and O–H groups in total. The second kappa shape index (κ2) is 4.40. The third-order valence-electron chi connectivity index (χ3n) is 3.71. The van der Waals surface area contributed by atoms with Crippen LogP contribution in [0.15, 0.2) is 0 Å². The molecule has 0 aliphatic carbocycles. The molecule has 0 aromatic rings. The topological polar surface area (TPSA) is 26.7 Å². The Morgan fingerprint density at radius 3 is 2.80 bits per heavy atom. The van der Waals surface area contributed by atoms with E-state index in [1.807, 2.05) is 13.8 Å². The van der Waals surface area contributed by atoms with Crippen LogP contribution in [0, 0.1) is 0 Å². The number of hydrogen-bond donors (Lipinski definition) is 1. The first-order valence-corrected chi connectivity index (χ1v) is 6.23. The molecular weight excluding hydrogens is 188 g/mol. The second-order valence-corrected chi connectivity index (χ2v) is 5.70. The number of aliphatic hydroxyl groups is 1. The van der Waals surface area contributed by atoms with Crippen LogP contribution in [0.25, 0.3) is 0 Å². The Bertz CT molecular complexity index is 212. The highest BCUT2D eigenvalue weighted by molar-refractivity contribution is 4.87. The van der Waals surface area contributed by atoms with E-state index in [9.17, 15) is 5.11 Å². The summed E-state index contributed by atoms with van der Waals surface area (Å²) in [4.78, 5) is 5.14. The third kappa shape index (κ3) is 3.16. The lowest BCUT2D eigenvalue weighted by Crippen LogP contribution is -2.50. The summed E-state index contributed by atoms with van der Waals surface area (Å²) < 4.78 is 0. The zero-order valence-corrected chi connectivity index (χ0v) is 10.1. The highest BCUT2D eigenvalue weighted by atomic mass is 16.3. The van der Waals surface area contributed by atoms with Crippen molar-refractivity contribution in [3.8, 4) is 0 Å². The summed E-state index contributed by atoms with van der Waals surface area (Å²) in [6.07, 6.45) is 3.64. The van der Waals surface area contributed by atoms with Gasteiger partial charge in [0, 0.05) is 32.2 Å². The molecule has 2 aliphatic rings. The summed E-state index contributed by atoms with van der Waals surface area (Å²) >= 11 is 0. The largest absolute Gasteiger partial charge is 0.390 e. The van der Waals surface area contributed by atoms with Gasteiger partial charge in [0.25, 0.3) is 0 Å². The molecule has 2 rings (SSSR count). The van der Waals surface area contributed by atoms with E-state index in [1.54, 1.807) is 0 Å².